The zero-order valence-corrected chi connectivity index (χ0v) is 13.8. The molecule has 1 amide bonds. The maximum absolute atomic E-state index is 11.7. The van der Waals surface area contributed by atoms with Crippen LogP contribution in [0.2, 0.25) is 10.0 Å². The van der Waals surface area contributed by atoms with Crippen LogP contribution in [0.15, 0.2) is 18.2 Å². The number of nitrogens with one attached hydrogen (secondary N) is 1. The lowest BCUT2D eigenvalue weighted by Gasteiger charge is -2.24. The number of halogens is 2. The highest BCUT2D eigenvalue weighted by Crippen LogP contribution is 2.21. The van der Waals surface area contributed by atoms with Gasteiger partial charge in [-0.05, 0) is 38.0 Å². The van der Waals surface area contributed by atoms with Crippen LogP contribution in [0, 0.1) is 0 Å². The summed E-state index contributed by atoms with van der Waals surface area (Å²) >= 11 is 11.7. The van der Waals surface area contributed by atoms with Crippen molar-refractivity contribution in [3.8, 4) is 0 Å². The Balaban J connectivity index is 2.46. The molecule has 1 aromatic carbocycles. The molecule has 1 rings (SSSR count). The van der Waals surface area contributed by atoms with Crippen LogP contribution in [0.25, 0.3) is 0 Å². The Labute approximate surface area is 134 Å². The average Bonchev–Trinajstić information content (AvgIpc) is 2.39. The molecule has 0 heterocycles. The molecule has 0 saturated heterocycles. The molecule has 0 fully saturated rings. The van der Waals surface area contributed by atoms with Crippen molar-refractivity contribution in [3.05, 3.63) is 33.8 Å². The summed E-state index contributed by atoms with van der Waals surface area (Å²) in [4.78, 5) is 23.3. The summed E-state index contributed by atoms with van der Waals surface area (Å²) in [6.45, 7) is 5.47. The van der Waals surface area contributed by atoms with Crippen molar-refractivity contribution < 1.29 is 14.3 Å². The second kappa shape index (κ2) is 7.66. The second-order valence-corrected chi connectivity index (χ2v) is 6.20. The van der Waals surface area contributed by atoms with Gasteiger partial charge in [-0.25, -0.2) is 0 Å². The van der Waals surface area contributed by atoms with E-state index in [-0.39, 0.29) is 24.5 Å². The van der Waals surface area contributed by atoms with Gasteiger partial charge in [-0.3, -0.25) is 9.59 Å². The van der Waals surface area contributed by atoms with E-state index >= 15 is 0 Å². The number of benzene rings is 1. The molecule has 6 heteroatoms. The first-order valence-corrected chi connectivity index (χ1v) is 7.39. The molecule has 0 bridgehead atoms. The van der Waals surface area contributed by atoms with Crippen LogP contribution in [-0.2, 0) is 20.7 Å². The van der Waals surface area contributed by atoms with Gasteiger partial charge >= 0.3 is 5.97 Å². The Morgan fingerprint density at radius 3 is 2.52 bits per heavy atom. The van der Waals surface area contributed by atoms with Crippen molar-refractivity contribution >= 4 is 35.1 Å². The second-order valence-electron chi connectivity index (χ2n) is 5.36. The van der Waals surface area contributed by atoms with E-state index in [2.05, 4.69) is 5.32 Å². The standard InChI is InChI=1S/C15H19Cl2NO3/c1-4-15(2,3)18-13(19)9-21-14(20)7-10-5-6-11(16)8-12(10)17/h5-6,8H,4,7,9H2,1-3H3,(H,18,19). The van der Waals surface area contributed by atoms with E-state index in [0.29, 0.717) is 15.6 Å². The number of carbonyl (C=O) groups is 2. The summed E-state index contributed by atoms with van der Waals surface area (Å²) in [5.74, 6) is -0.832. The van der Waals surface area contributed by atoms with Crippen LogP contribution in [0.1, 0.15) is 32.8 Å². The first-order valence-electron chi connectivity index (χ1n) is 6.64. The van der Waals surface area contributed by atoms with Crippen LogP contribution < -0.4 is 5.32 Å². The van der Waals surface area contributed by atoms with Gasteiger partial charge in [0.05, 0.1) is 6.42 Å². The van der Waals surface area contributed by atoms with Crippen LogP contribution in [-0.4, -0.2) is 24.0 Å². The molecule has 0 aliphatic rings. The van der Waals surface area contributed by atoms with Crippen LogP contribution in [0.3, 0.4) is 0 Å². The molecule has 21 heavy (non-hydrogen) atoms. The lowest BCUT2D eigenvalue weighted by Crippen LogP contribution is -2.44. The van der Waals surface area contributed by atoms with Crippen LogP contribution in [0.5, 0.6) is 0 Å². The Bertz CT molecular complexity index is 530. The van der Waals surface area contributed by atoms with Crippen LogP contribution in [0.4, 0.5) is 0 Å². The first-order chi connectivity index (χ1) is 9.73. The number of ether oxygens (including phenoxy) is 1. The highest BCUT2D eigenvalue weighted by Gasteiger charge is 2.18. The van der Waals surface area contributed by atoms with Gasteiger partial charge in [-0.15, -0.1) is 0 Å². The van der Waals surface area contributed by atoms with Gasteiger partial charge < -0.3 is 10.1 Å². The molecular weight excluding hydrogens is 313 g/mol. The van der Waals surface area contributed by atoms with Crippen molar-refractivity contribution in [1.29, 1.82) is 0 Å². The molecule has 116 valence electrons. The van der Waals surface area contributed by atoms with Crippen molar-refractivity contribution in [2.45, 2.75) is 39.2 Å². The zero-order valence-electron chi connectivity index (χ0n) is 12.3. The Morgan fingerprint density at radius 2 is 1.95 bits per heavy atom. The SMILES string of the molecule is CCC(C)(C)NC(=O)COC(=O)Cc1ccc(Cl)cc1Cl. The predicted octanol–water partition coefficient (Wildman–Crippen LogP) is 3.38. The smallest absolute Gasteiger partial charge is 0.310 e. The van der Waals surface area contributed by atoms with Crippen molar-refractivity contribution in [2.75, 3.05) is 6.61 Å². The summed E-state index contributed by atoms with van der Waals surface area (Å²) in [7, 11) is 0. The summed E-state index contributed by atoms with van der Waals surface area (Å²) in [5.41, 5.74) is 0.295. The number of esters is 1. The summed E-state index contributed by atoms with van der Waals surface area (Å²) < 4.78 is 4.94. The highest BCUT2D eigenvalue weighted by atomic mass is 35.5. The molecule has 0 spiro atoms. The fourth-order valence-electron chi connectivity index (χ4n) is 1.52. The van der Waals surface area contributed by atoms with Gasteiger partial charge in [0.15, 0.2) is 6.61 Å². The van der Waals surface area contributed by atoms with Gasteiger partial charge in [0.2, 0.25) is 0 Å². The third kappa shape index (κ3) is 6.36. The largest absolute Gasteiger partial charge is 0.455 e. The number of hydrogen-bond acceptors (Lipinski definition) is 3. The minimum atomic E-state index is -0.510. The summed E-state index contributed by atoms with van der Waals surface area (Å²) in [5, 5.41) is 3.68. The van der Waals surface area contributed by atoms with Crippen molar-refractivity contribution in [1.82, 2.24) is 5.32 Å². The quantitative estimate of drug-likeness (QED) is 0.813. The lowest BCUT2D eigenvalue weighted by molar-refractivity contribution is -0.148. The highest BCUT2D eigenvalue weighted by molar-refractivity contribution is 6.35. The van der Waals surface area contributed by atoms with E-state index in [1.165, 1.54) is 0 Å². The van der Waals surface area contributed by atoms with Crippen molar-refractivity contribution in [3.63, 3.8) is 0 Å². The van der Waals surface area contributed by atoms with Gasteiger partial charge in [-0.1, -0.05) is 36.2 Å². The fourth-order valence-corrected chi connectivity index (χ4v) is 1.99. The normalized spacial score (nSPS) is 11.1. The minimum Gasteiger partial charge on any atom is -0.455 e. The molecule has 0 aliphatic carbocycles. The van der Waals surface area contributed by atoms with E-state index in [9.17, 15) is 9.59 Å². The van der Waals surface area contributed by atoms with E-state index in [1.807, 2.05) is 20.8 Å². The van der Waals surface area contributed by atoms with Gasteiger partial charge in [0, 0.05) is 15.6 Å². The molecule has 0 saturated carbocycles. The van der Waals surface area contributed by atoms with E-state index in [0.717, 1.165) is 6.42 Å². The first kappa shape index (κ1) is 17.8. The number of hydrogen-bond donors (Lipinski definition) is 1. The number of amides is 1. The molecule has 0 atom stereocenters. The molecule has 1 aromatic rings. The van der Waals surface area contributed by atoms with Crippen LogP contribution >= 0.6 is 23.2 Å². The Morgan fingerprint density at radius 1 is 1.29 bits per heavy atom. The summed E-state index contributed by atoms with van der Waals surface area (Å²) in [6, 6.07) is 4.86. The van der Waals surface area contributed by atoms with Crippen molar-refractivity contribution in [2.24, 2.45) is 0 Å². The number of rotatable bonds is 6. The third-order valence-corrected chi connectivity index (χ3v) is 3.66. The zero-order chi connectivity index (χ0) is 16.0. The van der Waals surface area contributed by atoms with Gasteiger partial charge in [0.1, 0.15) is 0 Å². The molecular formula is C15H19Cl2NO3. The summed E-state index contributed by atoms with van der Waals surface area (Å²) in [6.07, 6.45) is 0.785. The topological polar surface area (TPSA) is 55.4 Å². The van der Waals surface area contributed by atoms with E-state index in [1.54, 1.807) is 18.2 Å². The number of carbonyl (C=O) groups excluding carboxylic acids is 2. The Kier molecular flexibility index (Phi) is 6.49. The van der Waals surface area contributed by atoms with Gasteiger partial charge in [0.25, 0.3) is 5.91 Å². The molecule has 0 radical (unpaired) electrons. The molecule has 0 aromatic heterocycles. The monoisotopic (exact) mass is 331 g/mol. The average molecular weight is 332 g/mol. The maximum Gasteiger partial charge on any atom is 0.310 e. The van der Waals surface area contributed by atoms with Gasteiger partial charge in [-0.2, -0.15) is 0 Å². The fraction of sp³-hybridized carbons (Fsp3) is 0.467. The molecule has 0 unspecified atom stereocenters. The van der Waals surface area contributed by atoms with E-state index in [4.69, 9.17) is 27.9 Å². The third-order valence-electron chi connectivity index (χ3n) is 3.08. The predicted molar refractivity (Wildman–Crippen MR) is 83.6 cm³/mol. The lowest BCUT2D eigenvalue weighted by atomic mass is 10.0. The molecule has 4 nitrogen and oxygen atoms in total. The van der Waals surface area contributed by atoms with E-state index < -0.39 is 5.97 Å². The molecule has 0 aliphatic heterocycles. The molecule has 1 N–H and O–H groups in total. The Hall–Kier alpha value is -1.26. The maximum atomic E-state index is 11.7. The minimum absolute atomic E-state index is 0.000449.